The molecule has 2 atom stereocenters. The third-order valence-electron chi connectivity index (χ3n) is 3.64. The summed E-state index contributed by atoms with van der Waals surface area (Å²) in [5.74, 6) is 0.576. The SMILES string of the molecule is C[C@H](NC(=O)Nc1cccnc1-n1cccn1)[C@H]1CCCO1. The highest BCUT2D eigenvalue weighted by Gasteiger charge is 2.23. The largest absolute Gasteiger partial charge is 0.376 e. The monoisotopic (exact) mass is 301 g/mol. The van der Waals surface area contributed by atoms with Gasteiger partial charge >= 0.3 is 6.03 Å². The first-order chi connectivity index (χ1) is 10.7. The van der Waals surface area contributed by atoms with Crippen molar-refractivity contribution in [2.75, 3.05) is 11.9 Å². The lowest BCUT2D eigenvalue weighted by atomic mass is 10.1. The van der Waals surface area contributed by atoms with E-state index < -0.39 is 0 Å². The van der Waals surface area contributed by atoms with Gasteiger partial charge in [-0.1, -0.05) is 0 Å². The minimum absolute atomic E-state index is 0.0349. The maximum absolute atomic E-state index is 12.2. The minimum Gasteiger partial charge on any atom is -0.376 e. The number of urea groups is 1. The molecule has 1 aliphatic rings. The summed E-state index contributed by atoms with van der Waals surface area (Å²) in [5, 5.41) is 9.88. The van der Waals surface area contributed by atoms with Crippen molar-refractivity contribution in [3.8, 4) is 5.82 Å². The Bertz CT molecular complexity index is 623. The third-order valence-corrected chi connectivity index (χ3v) is 3.64. The Morgan fingerprint density at radius 2 is 2.36 bits per heavy atom. The number of rotatable bonds is 4. The second kappa shape index (κ2) is 6.57. The van der Waals surface area contributed by atoms with Crippen LogP contribution in [0.5, 0.6) is 0 Å². The number of hydrogen-bond donors (Lipinski definition) is 2. The molecule has 2 amide bonds. The maximum atomic E-state index is 12.2. The molecule has 7 heteroatoms. The van der Waals surface area contributed by atoms with Gasteiger partial charge in [0.2, 0.25) is 0 Å². The number of nitrogens with one attached hydrogen (secondary N) is 2. The number of ether oxygens (including phenoxy) is 1. The molecule has 0 aliphatic carbocycles. The predicted octanol–water partition coefficient (Wildman–Crippen LogP) is 1.96. The normalized spacial score (nSPS) is 18.9. The van der Waals surface area contributed by atoms with Gasteiger partial charge in [0.1, 0.15) is 0 Å². The Morgan fingerprint density at radius 1 is 1.45 bits per heavy atom. The highest BCUT2D eigenvalue weighted by Crippen LogP contribution is 2.17. The molecule has 2 aromatic rings. The van der Waals surface area contributed by atoms with Crippen molar-refractivity contribution in [2.45, 2.75) is 31.9 Å². The van der Waals surface area contributed by atoms with E-state index in [-0.39, 0.29) is 18.2 Å². The summed E-state index contributed by atoms with van der Waals surface area (Å²) < 4.78 is 7.19. The summed E-state index contributed by atoms with van der Waals surface area (Å²) in [6.07, 6.45) is 7.22. The molecule has 0 spiro atoms. The molecule has 2 aromatic heterocycles. The van der Waals surface area contributed by atoms with Crippen molar-refractivity contribution in [2.24, 2.45) is 0 Å². The molecule has 0 bridgehead atoms. The number of carbonyl (C=O) groups excluding carboxylic acids is 1. The minimum atomic E-state index is -0.274. The van der Waals surface area contributed by atoms with Gasteiger partial charge in [-0.2, -0.15) is 5.10 Å². The van der Waals surface area contributed by atoms with Crippen LogP contribution in [0.3, 0.4) is 0 Å². The number of nitrogens with zero attached hydrogens (tertiary/aromatic N) is 3. The summed E-state index contributed by atoms with van der Waals surface area (Å²) in [7, 11) is 0. The molecule has 7 nitrogen and oxygen atoms in total. The molecule has 3 heterocycles. The van der Waals surface area contributed by atoms with Crippen LogP contribution in [0.25, 0.3) is 5.82 Å². The molecule has 3 rings (SSSR count). The fraction of sp³-hybridized carbons (Fsp3) is 0.400. The molecule has 0 unspecified atom stereocenters. The molecule has 0 aromatic carbocycles. The number of amides is 2. The molecule has 1 fully saturated rings. The lowest BCUT2D eigenvalue weighted by Crippen LogP contribution is -2.43. The summed E-state index contributed by atoms with van der Waals surface area (Å²) >= 11 is 0. The molecule has 0 saturated carbocycles. The number of hydrogen-bond acceptors (Lipinski definition) is 4. The molecule has 1 saturated heterocycles. The van der Waals surface area contributed by atoms with Gasteiger partial charge in [-0.25, -0.2) is 14.5 Å². The van der Waals surface area contributed by atoms with Gasteiger partial charge in [0.15, 0.2) is 5.82 Å². The second-order valence-corrected chi connectivity index (χ2v) is 5.26. The summed E-state index contributed by atoms with van der Waals surface area (Å²) in [6, 6.07) is 5.06. The van der Waals surface area contributed by atoms with Crippen molar-refractivity contribution in [1.29, 1.82) is 0 Å². The third kappa shape index (κ3) is 3.25. The lowest BCUT2D eigenvalue weighted by Gasteiger charge is -2.20. The smallest absolute Gasteiger partial charge is 0.319 e. The van der Waals surface area contributed by atoms with Crippen LogP contribution >= 0.6 is 0 Å². The van der Waals surface area contributed by atoms with E-state index in [2.05, 4.69) is 20.7 Å². The predicted molar refractivity (Wildman–Crippen MR) is 81.9 cm³/mol. The molecular formula is C15H19N5O2. The van der Waals surface area contributed by atoms with E-state index in [9.17, 15) is 4.79 Å². The fourth-order valence-electron chi connectivity index (χ4n) is 2.53. The average Bonchev–Trinajstić information content (AvgIpc) is 3.21. The Labute approximate surface area is 128 Å². The molecule has 116 valence electrons. The van der Waals surface area contributed by atoms with E-state index >= 15 is 0 Å². The first-order valence-corrected chi connectivity index (χ1v) is 7.38. The second-order valence-electron chi connectivity index (χ2n) is 5.26. The highest BCUT2D eigenvalue weighted by atomic mass is 16.5. The topological polar surface area (TPSA) is 81.1 Å². The number of aromatic nitrogens is 3. The van der Waals surface area contributed by atoms with Crippen LogP contribution in [0, 0.1) is 0 Å². The van der Waals surface area contributed by atoms with E-state index in [0.717, 1.165) is 19.4 Å². The fourth-order valence-corrected chi connectivity index (χ4v) is 2.53. The number of anilines is 1. The van der Waals surface area contributed by atoms with Crippen LogP contribution < -0.4 is 10.6 Å². The lowest BCUT2D eigenvalue weighted by molar-refractivity contribution is 0.0868. The van der Waals surface area contributed by atoms with Gasteiger partial charge in [-0.05, 0) is 38.0 Å². The van der Waals surface area contributed by atoms with E-state index in [0.29, 0.717) is 11.5 Å². The Morgan fingerprint density at radius 3 is 3.09 bits per heavy atom. The molecule has 1 aliphatic heterocycles. The Hall–Kier alpha value is -2.41. The van der Waals surface area contributed by atoms with Crippen molar-refractivity contribution >= 4 is 11.7 Å². The summed E-state index contributed by atoms with van der Waals surface area (Å²) in [5.41, 5.74) is 0.600. The quantitative estimate of drug-likeness (QED) is 0.904. The van der Waals surface area contributed by atoms with Gasteiger partial charge in [-0.15, -0.1) is 0 Å². The molecular weight excluding hydrogens is 282 g/mol. The van der Waals surface area contributed by atoms with Crippen molar-refractivity contribution in [3.63, 3.8) is 0 Å². The number of pyridine rings is 1. The van der Waals surface area contributed by atoms with Gasteiger partial charge in [0.05, 0.1) is 17.8 Å². The zero-order chi connectivity index (χ0) is 15.4. The standard InChI is InChI=1S/C15H19N5O2/c1-11(13-6-3-10-22-13)18-15(21)19-12-5-2-7-16-14(12)20-9-4-8-17-20/h2,4-5,7-9,11,13H,3,6,10H2,1H3,(H2,18,19,21)/t11-,13+/m0/s1. The van der Waals surface area contributed by atoms with Gasteiger partial charge < -0.3 is 15.4 Å². The average molecular weight is 301 g/mol. The van der Waals surface area contributed by atoms with E-state index in [1.807, 2.05) is 6.92 Å². The maximum Gasteiger partial charge on any atom is 0.319 e. The molecule has 0 radical (unpaired) electrons. The van der Waals surface area contributed by atoms with Crippen LogP contribution in [0.4, 0.5) is 10.5 Å². The van der Waals surface area contributed by atoms with Gasteiger partial charge in [0.25, 0.3) is 0 Å². The summed E-state index contributed by atoms with van der Waals surface area (Å²) in [6.45, 7) is 2.72. The van der Waals surface area contributed by atoms with Gasteiger partial charge in [0, 0.05) is 25.2 Å². The van der Waals surface area contributed by atoms with Crippen LogP contribution in [0.15, 0.2) is 36.8 Å². The van der Waals surface area contributed by atoms with Crippen molar-refractivity contribution in [1.82, 2.24) is 20.1 Å². The highest BCUT2D eigenvalue weighted by molar-refractivity contribution is 5.91. The van der Waals surface area contributed by atoms with E-state index in [1.165, 1.54) is 0 Å². The molecule has 2 N–H and O–H groups in total. The van der Waals surface area contributed by atoms with Crippen molar-refractivity contribution < 1.29 is 9.53 Å². The van der Waals surface area contributed by atoms with E-state index in [4.69, 9.17) is 4.74 Å². The summed E-state index contributed by atoms with van der Waals surface area (Å²) in [4.78, 5) is 16.4. The first-order valence-electron chi connectivity index (χ1n) is 7.38. The van der Waals surface area contributed by atoms with Crippen molar-refractivity contribution in [3.05, 3.63) is 36.8 Å². The van der Waals surface area contributed by atoms with E-state index in [1.54, 1.807) is 41.5 Å². The van der Waals surface area contributed by atoms with Gasteiger partial charge in [-0.3, -0.25) is 0 Å². The van der Waals surface area contributed by atoms with Crippen LogP contribution in [0.1, 0.15) is 19.8 Å². The molecule has 22 heavy (non-hydrogen) atoms. The Balaban J connectivity index is 1.66. The van der Waals surface area contributed by atoms with Crippen LogP contribution in [-0.4, -0.2) is 39.5 Å². The zero-order valence-electron chi connectivity index (χ0n) is 12.4. The zero-order valence-corrected chi connectivity index (χ0v) is 12.4. The first kappa shape index (κ1) is 14.5. The number of carbonyl (C=O) groups is 1. The van der Waals surface area contributed by atoms with Crippen LogP contribution in [0.2, 0.25) is 0 Å². The van der Waals surface area contributed by atoms with Crippen LogP contribution in [-0.2, 0) is 4.74 Å². The Kier molecular flexibility index (Phi) is 4.34.